The Kier molecular flexibility index (Phi) is 15.0. The van der Waals surface area contributed by atoms with Crippen molar-refractivity contribution in [3.05, 3.63) is 65.7 Å². The number of nitrogens with zero attached hydrogens (tertiary/aromatic N) is 2. The molecule has 0 saturated carbocycles. The van der Waals surface area contributed by atoms with E-state index in [-0.39, 0.29) is 37.0 Å². The second kappa shape index (κ2) is 18.9. The molecule has 4 atom stereocenters. The molecule has 2 aromatic rings. The molecule has 3 rings (SSSR count). The van der Waals surface area contributed by atoms with Gasteiger partial charge >= 0.3 is 6.09 Å². The van der Waals surface area contributed by atoms with Gasteiger partial charge in [-0.05, 0) is 76.1 Å². The highest BCUT2D eigenvalue weighted by molar-refractivity contribution is 5.95. The summed E-state index contributed by atoms with van der Waals surface area (Å²) in [6, 6.07) is 10.9. The first-order chi connectivity index (χ1) is 24.4. The van der Waals surface area contributed by atoms with Crippen LogP contribution in [0.15, 0.2) is 54.6 Å². The maximum absolute atomic E-state index is 14.6. The van der Waals surface area contributed by atoms with Gasteiger partial charge in [0.15, 0.2) is 0 Å². The van der Waals surface area contributed by atoms with Crippen molar-refractivity contribution in [2.24, 2.45) is 11.7 Å². The number of ether oxygens (including phenoxy) is 1. The van der Waals surface area contributed by atoms with Crippen molar-refractivity contribution in [1.29, 1.82) is 0 Å². The summed E-state index contributed by atoms with van der Waals surface area (Å²) in [7, 11) is 0. The maximum Gasteiger partial charge on any atom is 0.426 e. The van der Waals surface area contributed by atoms with E-state index in [1.807, 2.05) is 13.8 Å². The number of hydrogen-bond acceptors (Lipinski definition) is 9. The molecule has 7 N–H and O–H groups in total. The summed E-state index contributed by atoms with van der Waals surface area (Å²) in [5.41, 5.74) is 8.92. The van der Waals surface area contributed by atoms with Gasteiger partial charge in [0.05, 0.1) is 12.6 Å². The monoisotopic (exact) mass is 723 g/mol. The first-order valence-electron chi connectivity index (χ1n) is 17.5. The predicted octanol–water partition coefficient (Wildman–Crippen LogP) is 1.53. The van der Waals surface area contributed by atoms with Crippen molar-refractivity contribution >= 4 is 35.6 Å². The van der Waals surface area contributed by atoms with Crippen molar-refractivity contribution in [3.63, 3.8) is 0 Å². The molecule has 2 aromatic carbocycles. The third-order valence-electron chi connectivity index (χ3n) is 8.17. The van der Waals surface area contributed by atoms with Gasteiger partial charge in [-0.2, -0.15) is 0 Å². The number of phenolic OH excluding ortho intramolecular Hbond substituents is 1. The number of carbonyl (C=O) groups is 6. The van der Waals surface area contributed by atoms with E-state index in [0.717, 1.165) is 5.01 Å². The van der Waals surface area contributed by atoms with Crippen LogP contribution in [0.2, 0.25) is 0 Å². The van der Waals surface area contributed by atoms with E-state index in [0.29, 0.717) is 30.5 Å². The molecule has 52 heavy (non-hydrogen) atoms. The topological polar surface area (TPSA) is 212 Å². The number of aromatic hydroxyl groups is 1. The number of nitrogens with one attached hydrogen (secondary N) is 4. The van der Waals surface area contributed by atoms with Crippen molar-refractivity contribution < 1.29 is 38.6 Å². The number of hydrazine groups is 1. The van der Waals surface area contributed by atoms with Gasteiger partial charge in [-0.25, -0.2) is 15.2 Å². The van der Waals surface area contributed by atoms with Gasteiger partial charge in [0, 0.05) is 19.5 Å². The predicted molar refractivity (Wildman–Crippen MR) is 193 cm³/mol. The van der Waals surface area contributed by atoms with Gasteiger partial charge in [-0.3, -0.25) is 24.0 Å². The van der Waals surface area contributed by atoms with Crippen LogP contribution in [-0.2, 0) is 41.6 Å². The SMILES string of the molecule is CC(C)C[C@H]1C(=O)NCCCN1C(=O)[C@H](Cc1ccccc1)N(NC(=O)OC(C)(C)C)C(=O)CNC(=O)[C@@H](C)NC(=O)[C@@H](N)Cc1ccc(O)cc1. The third-order valence-corrected chi connectivity index (χ3v) is 8.17. The Morgan fingerprint density at radius 2 is 1.62 bits per heavy atom. The van der Waals surface area contributed by atoms with Crippen molar-refractivity contribution in [2.75, 3.05) is 19.6 Å². The zero-order valence-electron chi connectivity index (χ0n) is 30.8. The Labute approximate surface area is 305 Å². The summed E-state index contributed by atoms with van der Waals surface area (Å²) in [5.74, 6) is -2.91. The minimum Gasteiger partial charge on any atom is -0.508 e. The highest BCUT2D eigenvalue weighted by Gasteiger charge is 2.40. The molecule has 0 bridgehead atoms. The molecule has 284 valence electrons. The van der Waals surface area contributed by atoms with E-state index >= 15 is 0 Å². The summed E-state index contributed by atoms with van der Waals surface area (Å²) in [4.78, 5) is 82.2. The van der Waals surface area contributed by atoms with Gasteiger partial charge in [0.2, 0.25) is 23.6 Å². The van der Waals surface area contributed by atoms with Crippen LogP contribution in [0.5, 0.6) is 5.75 Å². The lowest BCUT2D eigenvalue weighted by Gasteiger charge is -2.37. The minimum atomic E-state index is -1.34. The van der Waals surface area contributed by atoms with Gasteiger partial charge in [0.1, 0.15) is 29.5 Å². The lowest BCUT2D eigenvalue weighted by molar-refractivity contribution is -0.152. The number of hydrogen-bond donors (Lipinski definition) is 6. The lowest BCUT2D eigenvalue weighted by atomic mass is 9.99. The Bertz CT molecular complexity index is 1550. The van der Waals surface area contributed by atoms with E-state index < -0.39 is 66.0 Å². The Balaban J connectivity index is 1.86. The summed E-state index contributed by atoms with van der Waals surface area (Å²) < 4.78 is 5.44. The average Bonchev–Trinajstić information content (AvgIpc) is 3.25. The van der Waals surface area contributed by atoms with E-state index in [4.69, 9.17) is 10.5 Å². The first kappa shape index (κ1) is 41.2. The Hall–Kier alpha value is -5.18. The summed E-state index contributed by atoms with van der Waals surface area (Å²) in [6.07, 6.45) is -0.0317. The van der Waals surface area contributed by atoms with Crippen LogP contribution in [0.4, 0.5) is 4.79 Å². The molecule has 1 aliphatic rings. The minimum absolute atomic E-state index is 0.0347. The summed E-state index contributed by atoms with van der Waals surface area (Å²) in [5, 5.41) is 18.2. The molecule has 0 unspecified atom stereocenters. The van der Waals surface area contributed by atoms with Crippen LogP contribution in [0.1, 0.15) is 65.5 Å². The van der Waals surface area contributed by atoms with E-state index in [1.165, 1.54) is 24.0 Å². The first-order valence-corrected chi connectivity index (χ1v) is 17.5. The van der Waals surface area contributed by atoms with Gasteiger partial charge in [-0.1, -0.05) is 56.3 Å². The summed E-state index contributed by atoms with van der Waals surface area (Å²) >= 11 is 0. The number of benzene rings is 2. The van der Waals surface area contributed by atoms with E-state index in [2.05, 4.69) is 21.4 Å². The molecule has 15 heteroatoms. The Morgan fingerprint density at radius 1 is 0.981 bits per heavy atom. The van der Waals surface area contributed by atoms with Crippen molar-refractivity contribution in [3.8, 4) is 5.75 Å². The molecule has 15 nitrogen and oxygen atoms in total. The van der Waals surface area contributed by atoms with Crippen LogP contribution in [0.3, 0.4) is 0 Å². The zero-order valence-corrected chi connectivity index (χ0v) is 30.8. The second-order valence-electron chi connectivity index (χ2n) is 14.3. The van der Waals surface area contributed by atoms with Crippen LogP contribution in [-0.4, -0.2) is 100 Å². The molecular weight excluding hydrogens is 670 g/mol. The molecule has 0 aliphatic carbocycles. The number of rotatable bonds is 13. The summed E-state index contributed by atoms with van der Waals surface area (Å²) in [6.45, 7) is 10.2. The number of nitrogens with two attached hydrogens (primary N) is 1. The van der Waals surface area contributed by atoms with E-state index in [9.17, 15) is 33.9 Å². The number of amides is 6. The third kappa shape index (κ3) is 12.9. The van der Waals surface area contributed by atoms with Crippen LogP contribution in [0.25, 0.3) is 0 Å². The highest BCUT2D eigenvalue weighted by atomic mass is 16.6. The molecule has 6 amide bonds. The van der Waals surface area contributed by atoms with Crippen molar-refractivity contribution in [2.45, 2.75) is 97.0 Å². The fraction of sp³-hybridized carbons (Fsp3) is 0.514. The largest absolute Gasteiger partial charge is 0.508 e. The van der Waals surface area contributed by atoms with E-state index in [1.54, 1.807) is 63.2 Å². The fourth-order valence-corrected chi connectivity index (χ4v) is 5.62. The molecular formula is C37H53N7O8. The standard InChI is InChI=1S/C37H53N7O8/c1-23(2)19-29-34(49)39-17-10-18-43(29)35(50)30(21-25-11-8-7-9-12-25)44(42-36(51)52-37(4,5)6)31(46)22-40-32(47)24(3)41-33(48)28(38)20-26-13-15-27(45)16-14-26/h7-9,11-16,23-24,28-30,45H,10,17-22,38H2,1-6H3,(H,39,49)(H,40,47)(H,41,48)(H,42,51)/t24-,28+,29+,30+/m1/s1. The normalized spacial score (nSPS) is 16.4. The zero-order chi connectivity index (χ0) is 38.6. The molecule has 1 fully saturated rings. The lowest BCUT2D eigenvalue weighted by Crippen LogP contribution is -2.63. The number of carbonyl (C=O) groups excluding carboxylic acids is 6. The molecule has 0 spiro atoms. The van der Waals surface area contributed by atoms with Crippen LogP contribution >= 0.6 is 0 Å². The van der Waals surface area contributed by atoms with Crippen molar-refractivity contribution in [1.82, 2.24) is 31.3 Å². The highest BCUT2D eigenvalue weighted by Crippen LogP contribution is 2.20. The number of phenols is 1. The van der Waals surface area contributed by atoms with Gasteiger partial charge in [0.25, 0.3) is 5.91 Å². The Morgan fingerprint density at radius 3 is 2.23 bits per heavy atom. The van der Waals surface area contributed by atoms with Crippen LogP contribution in [0, 0.1) is 5.92 Å². The maximum atomic E-state index is 14.6. The molecule has 1 saturated heterocycles. The van der Waals surface area contributed by atoms with Gasteiger partial charge < -0.3 is 36.4 Å². The average molecular weight is 724 g/mol. The molecule has 1 heterocycles. The molecule has 0 radical (unpaired) electrons. The molecule has 1 aliphatic heterocycles. The molecule has 0 aromatic heterocycles. The van der Waals surface area contributed by atoms with Gasteiger partial charge in [-0.15, -0.1) is 0 Å². The quantitative estimate of drug-likeness (QED) is 0.165. The second-order valence-corrected chi connectivity index (χ2v) is 14.3. The fourth-order valence-electron chi connectivity index (χ4n) is 5.62. The van der Waals surface area contributed by atoms with Crippen LogP contribution < -0.4 is 27.1 Å². The smallest absolute Gasteiger partial charge is 0.426 e.